The SMILES string of the molecule is Cc1cnsc1C(=O)Nc1ccc(-c2cc3c(cc2Cl)OCCO3)cn1. The van der Waals surface area contributed by atoms with Gasteiger partial charge in [-0.3, -0.25) is 4.79 Å². The van der Waals surface area contributed by atoms with Gasteiger partial charge in [0.15, 0.2) is 11.5 Å². The van der Waals surface area contributed by atoms with Gasteiger partial charge >= 0.3 is 0 Å². The standard InChI is InChI=1S/C18H14ClN3O3S/c1-10-8-21-26-17(10)18(23)22-16-3-2-11(9-20-16)12-6-14-15(7-13(12)19)25-5-4-24-14/h2-3,6-9H,4-5H2,1H3,(H,20,22,23). The van der Waals surface area contributed by atoms with E-state index in [2.05, 4.69) is 14.7 Å². The maximum atomic E-state index is 12.2. The van der Waals surface area contributed by atoms with E-state index >= 15 is 0 Å². The van der Waals surface area contributed by atoms with E-state index in [0.29, 0.717) is 40.4 Å². The quantitative estimate of drug-likeness (QED) is 0.729. The van der Waals surface area contributed by atoms with Crippen LogP contribution in [0.1, 0.15) is 15.2 Å². The van der Waals surface area contributed by atoms with Crippen LogP contribution in [-0.4, -0.2) is 28.5 Å². The van der Waals surface area contributed by atoms with E-state index in [-0.39, 0.29) is 5.91 Å². The summed E-state index contributed by atoms with van der Waals surface area (Å²) in [5.41, 5.74) is 2.45. The highest BCUT2D eigenvalue weighted by atomic mass is 35.5. The summed E-state index contributed by atoms with van der Waals surface area (Å²) in [5.74, 6) is 1.54. The summed E-state index contributed by atoms with van der Waals surface area (Å²) in [6.45, 7) is 2.87. The van der Waals surface area contributed by atoms with E-state index in [9.17, 15) is 4.79 Å². The first kappa shape index (κ1) is 16.8. The van der Waals surface area contributed by atoms with Crippen molar-refractivity contribution in [2.45, 2.75) is 6.92 Å². The lowest BCUT2D eigenvalue weighted by Crippen LogP contribution is -2.15. The van der Waals surface area contributed by atoms with Crippen molar-refractivity contribution in [1.82, 2.24) is 9.36 Å². The van der Waals surface area contributed by atoms with Crippen LogP contribution in [0, 0.1) is 6.92 Å². The smallest absolute Gasteiger partial charge is 0.268 e. The zero-order valence-electron chi connectivity index (χ0n) is 13.8. The maximum Gasteiger partial charge on any atom is 0.268 e. The van der Waals surface area contributed by atoms with E-state index in [0.717, 1.165) is 28.2 Å². The van der Waals surface area contributed by atoms with Gasteiger partial charge in [0.2, 0.25) is 0 Å². The molecule has 0 bridgehead atoms. The highest BCUT2D eigenvalue weighted by molar-refractivity contribution is 7.08. The Morgan fingerprint density at radius 3 is 2.62 bits per heavy atom. The van der Waals surface area contributed by atoms with Crippen molar-refractivity contribution in [2.75, 3.05) is 18.5 Å². The number of hydrogen-bond donors (Lipinski definition) is 1. The Balaban J connectivity index is 1.56. The van der Waals surface area contributed by atoms with Gasteiger partial charge in [0.25, 0.3) is 5.91 Å². The average molecular weight is 388 g/mol. The number of anilines is 1. The van der Waals surface area contributed by atoms with Crippen molar-refractivity contribution in [2.24, 2.45) is 0 Å². The molecular weight excluding hydrogens is 374 g/mol. The molecule has 1 aliphatic rings. The number of hydrogen-bond acceptors (Lipinski definition) is 6. The van der Waals surface area contributed by atoms with Gasteiger partial charge in [0.1, 0.15) is 23.9 Å². The zero-order valence-corrected chi connectivity index (χ0v) is 15.4. The molecule has 0 saturated heterocycles. The Kier molecular flexibility index (Phi) is 4.48. The lowest BCUT2D eigenvalue weighted by molar-refractivity contribution is 0.102. The number of aromatic nitrogens is 2. The van der Waals surface area contributed by atoms with Crippen LogP contribution in [0.25, 0.3) is 11.1 Å². The molecule has 0 radical (unpaired) electrons. The largest absolute Gasteiger partial charge is 0.486 e. The van der Waals surface area contributed by atoms with Gasteiger partial charge in [-0.2, -0.15) is 0 Å². The molecule has 1 aliphatic heterocycles. The number of fused-ring (bicyclic) bond motifs is 1. The average Bonchev–Trinajstić information content (AvgIpc) is 3.08. The van der Waals surface area contributed by atoms with Crippen molar-refractivity contribution in [3.8, 4) is 22.6 Å². The predicted molar refractivity (Wildman–Crippen MR) is 100 cm³/mol. The van der Waals surface area contributed by atoms with E-state index in [1.165, 1.54) is 0 Å². The molecule has 3 aromatic rings. The van der Waals surface area contributed by atoms with E-state index in [1.54, 1.807) is 24.5 Å². The third-order valence-corrected chi connectivity index (χ3v) is 5.12. The third-order valence-electron chi connectivity index (χ3n) is 3.90. The second-order valence-electron chi connectivity index (χ2n) is 5.70. The number of rotatable bonds is 3. The Morgan fingerprint density at radius 1 is 1.19 bits per heavy atom. The van der Waals surface area contributed by atoms with Gasteiger partial charge in [-0.25, -0.2) is 9.36 Å². The molecular formula is C18H14ClN3O3S. The van der Waals surface area contributed by atoms with E-state index < -0.39 is 0 Å². The van der Waals surface area contributed by atoms with Crippen LogP contribution in [0.15, 0.2) is 36.7 Å². The first-order chi connectivity index (χ1) is 12.6. The summed E-state index contributed by atoms with van der Waals surface area (Å²) < 4.78 is 15.1. The second kappa shape index (κ2) is 6.93. The molecule has 0 saturated carbocycles. The molecule has 26 heavy (non-hydrogen) atoms. The molecule has 0 spiro atoms. The first-order valence-electron chi connectivity index (χ1n) is 7.90. The Hall–Kier alpha value is -2.64. The zero-order chi connectivity index (χ0) is 18.1. The number of benzene rings is 1. The Bertz CT molecular complexity index is 972. The molecule has 8 heteroatoms. The Labute approximate surface area is 158 Å². The topological polar surface area (TPSA) is 73.3 Å². The minimum Gasteiger partial charge on any atom is -0.486 e. The van der Waals surface area contributed by atoms with Crippen LogP contribution in [0.4, 0.5) is 5.82 Å². The summed E-state index contributed by atoms with van der Waals surface area (Å²) in [4.78, 5) is 17.1. The number of carbonyl (C=O) groups excluding carboxylic acids is 1. The van der Waals surface area contributed by atoms with Gasteiger partial charge in [-0.15, -0.1) is 0 Å². The summed E-state index contributed by atoms with van der Waals surface area (Å²) in [6, 6.07) is 7.16. The van der Waals surface area contributed by atoms with Crippen LogP contribution < -0.4 is 14.8 Å². The molecule has 1 N–H and O–H groups in total. The van der Waals surface area contributed by atoms with Crippen LogP contribution in [0.3, 0.4) is 0 Å². The molecule has 0 unspecified atom stereocenters. The van der Waals surface area contributed by atoms with Gasteiger partial charge in [-0.05, 0) is 42.2 Å². The van der Waals surface area contributed by atoms with Crippen LogP contribution in [0.5, 0.6) is 11.5 Å². The minimum absolute atomic E-state index is 0.220. The van der Waals surface area contributed by atoms with Gasteiger partial charge in [-0.1, -0.05) is 11.6 Å². The van der Waals surface area contributed by atoms with Crippen molar-refractivity contribution >= 4 is 34.9 Å². The number of nitrogens with one attached hydrogen (secondary N) is 1. The summed E-state index contributed by atoms with van der Waals surface area (Å²) in [5, 5.41) is 3.32. The summed E-state index contributed by atoms with van der Waals surface area (Å²) in [7, 11) is 0. The molecule has 0 atom stereocenters. The fraction of sp³-hybridized carbons (Fsp3) is 0.167. The number of nitrogens with zero attached hydrogens (tertiary/aromatic N) is 2. The third kappa shape index (κ3) is 3.23. The molecule has 2 aromatic heterocycles. The van der Waals surface area contributed by atoms with Crippen molar-refractivity contribution in [1.29, 1.82) is 0 Å². The monoisotopic (exact) mass is 387 g/mol. The lowest BCUT2D eigenvalue weighted by atomic mass is 10.1. The molecule has 4 rings (SSSR count). The fourth-order valence-corrected chi connectivity index (χ4v) is 3.50. The summed E-state index contributed by atoms with van der Waals surface area (Å²) in [6.07, 6.45) is 3.33. The summed E-state index contributed by atoms with van der Waals surface area (Å²) >= 11 is 7.53. The highest BCUT2D eigenvalue weighted by Crippen LogP contribution is 2.39. The van der Waals surface area contributed by atoms with Gasteiger partial charge in [0.05, 0.1) is 5.02 Å². The maximum absolute atomic E-state index is 12.2. The van der Waals surface area contributed by atoms with Crippen molar-refractivity contribution in [3.05, 3.63) is 52.1 Å². The highest BCUT2D eigenvalue weighted by Gasteiger charge is 2.17. The van der Waals surface area contributed by atoms with Crippen LogP contribution >= 0.6 is 23.1 Å². The van der Waals surface area contributed by atoms with E-state index in [4.69, 9.17) is 21.1 Å². The molecule has 6 nitrogen and oxygen atoms in total. The molecule has 1 aromatic carbocycles. The number of ether oxygens (including phenoxy) is 2. The number of pyridine rings is 1. The molecule has 132 valence electrons. The predicted octanol–water partition coefficient (Wildman–Crippen LogP) is 4.19. The number of halogens is 1. The number of amides is 1. The number of aryl methyl sites for hydroxylation is 1. The second-order valence-corrected chi connectivity index (χ2v) is 6.91. The minimum atomic E-state index is -0.220. The molecule has 1 amide bonds. The van der Waals surface area contributed by atoms with Crippen LogP contribution in [-0.2, 0) is 0 Å². The molecule has 0 fully saturated rings. The molecule has 0 aliphatic carbocycles. The van der Waals surface area contributed by atoms with Crippen LogP contribution in [0.2, 0.25) is 5.02 Å². The lowest BCUT2D eigenvalue weighted by Gasteiger charge is -2.19. The van der Waals surface area contributed by atoms with Gasteiger partial charge < -0.3 is 14.8 Å². The van der Waals surface area contributed by atoms with Gasteiger partial charge in [0, 0.05) is 29.6 Å². The fourth-order valence-electron chi connectivity index (χ4n) is 2.59. The first-order valence-corrected chi connectivity index (χ1v) is 9.05. The Morgan fingerprint density at radius 2 is 1.96 bits per heavy atom. The van der Waals surface area contributed by atoms with Crippen molar-refractivity contribution < 1.29 is 14.3 Å². The van der Waals surface area contributed by atoms with E-state index in [1.807, 2.05) is 19.1 Å². The molecule has 3 heterocycles. The normalized spacial score (nSPS) is 12.7. The van der Waals surface area contributed by atoms with Crippen molar-refractivity contribution in [3.63, 3.8) is 0 Å². The number of carbonyl (C=O) groups is 1.